The van der Waals surface area contributed by atoms with Gasteiger partial charge in [-0.05, 0) is 103 Å². The molecule has 0 radical (unpaired) electrons. The molecule has 3 aromatic heterocycles. The first-order valence-corrected chi connectivity index (χ1v) is 18.0. The van der Waals surface area contributed by atoms with Gasteiger partial charge in [-0.1, -0.05) is 37.1 Å². The molecule has 2 aliphatic rings. The van der Waals surface area contributed by atoms with Crippen LogP contribution in [0.15, 0.2) is 77.5 Å². The van der Waals surface area contributed by atoms with Crippen molar-refractivity contribution < 1.29 is 19.1 Å². The maximum Gasteiger partial charge on any atom is 0.373 e. The van der Waals surface area contributed by atoms with Gasteiger partial charge < -0.3 is 20.2 Å². The Hall–Kier alpha value is -5.76. The number of anilines is 2. The summed E-state index contributed by atoms with van der Waals surface area (Å²) in [7, 11) is 0. The van der Waals surface area contributed by atoms with Crippen molar-refractivity contribution >= 4 is 39.7 Å². The molecule has 2 fully saturated rings. The first-order valence-electron chi connectivity index (χ1n) is 18.0. The van der Waals surface area contributed by atoms with Gasteiger partial charge in [-0.2, -0.15) is 14.9 Å². The van der Waals surface area contributed by atoms with E-state index in [9.17, 15) is 10.4 Å². The molecule has 6 aromatic rings. The van der Waals surface area contributed by atoms with Crippen molar-refractivity contribution in [3.05, 3.63) is 101 Å². The van der Waals surface area contributed by atoms with Crippen molar-refractivity contribution in [3.8, 4) is 28.7 Å². The van der Waals surface area contributed by atoms with Crippen LogP contribution in [0.3, 0.4) is 0 Å². The molecule has 1 aliphatic carbocycles. The second kappa shape index (κ2) is 15.9. The van der Waals surface area contributed by atoms with Crippen LogP contribution in [-0.2, 0) is 22.7 Å². The van der Waals surface area contributed by atoms with Crippen LogP contribution >= 0.6 is 0 Å². The number of benzene rings is 3. The Morgan fingerprint density at radius 3 is 2.45 bits per heavy atom. The highest BCUT2D eigenvalue weighted by Crippen LogP contribution is 2.38. The molecule has 0 amide bonds. The van der Waals surface area contributed by atoms with E-state index in [0.29, 0.717) is 47.5 Å². The third-order valence-electron chi connectivity index (χ3n) is 10.4. The second-order valence-corrected chi connectivity index (χ2v) is 13.9. The van der Waals surface area contributed by atoms with Gasteiger partial charge in [0.15, 0.2) is 11.4 Å². The van der Waals surface area contributed by atoms with Gasteiger partial charge in [0.1, 0.15) is 17.1 Å². The molecule has 1 atom stereocenters. The highest BCUT2D eigenvalue weighted by atomic mass is 16.3. The number of likely N-dealkylation sites (tertiary alicyclic amines) is 1. The summed E-state index contributed by atoms with van der Waals surface area (Å²) in [4.78, 5) is 32.9. The fraction of sp³-hybridized carbons (Fsp3) is 0.310. The molecule has 3 N–H and O–H groups in total. The van der Waals surface area contributed by atoms with Crippen LogP contribution in [0, 0.1) is 25.2 Å². The van der Waals surface area contributed by atoms with E-state index in [0.717, 1.165) is 75.0 Å². The number of rotatable bonds is 9. The van der Waals surface area contributed by atoms with Gasteiger partial charge in [0.25, 0.3) is 0 Å². The highest BCUT2D eigenvalue weighted by Gasteiger charge is 2.21. The largest absolute Gasteiger partial charge is 0.435 e. The van der Waals surface area contributed by atoms with E-state index in [2.05, 4.69) is 70.8 Å². The molecule has 3 aromatic carbocycles. The molecular weight excluding hydrogens is 667 g/mol. The Morgan fingerprint density at radius 1 is 0.943 bits per heavy atom. The van der Waals surface area contributed by atoms with Crippen LogP contribution in [0.1, 0.15) is 59.9 Å². The quantitative estimate of drug-likeness (QED) is 0.138. The third-order valence-corrected chi connectivity index (χ3v) is 10.4. The number of aliphatic hydroxyl groups excluding tert-OH is 1. The zero-order chi connectivity index (χ0) is 36.9. The zero-order valence-electron chi connectivity index (χ0n) is 29.9. The lowest BCUT2D eigenvalue weighted by Gasteiger charge is -2.17. The van der Waals surface area contributed by atoms with E-state index < -0.39 is 0 Å². The maximum atomic E-state index is 9.98. The van der Waals surface area contributed by atoms with E-state index in [1.165, 1.54) is 25.7 Å². The Bertz CT molecular complexity index is 2350. The number of nitriles is 1. The van der Waals surface area contributed by atoms with Gasteiger partial charge in [0.2, 0.25) is 5.89 Å². The molecule has 268 valence electrons. The first kappa shape index (κ1) is 35.6. The lowest BCUT2D eigenvalue weighted by molar-refractivity contribution is -0.191. The van der Waals surface area contributed by atoms with E-state index >= 15 is 0 Å². The van der Waals surface area contributed by atoms with E-state index in [-0.39, 0.29) is 12.3 Å². The van der Waals surface area contributed by atoms with Crippen LogP contribution < -0.4 is 10.6 Å². The molecule has 53 heavy (non-hydrogen) atoms. The number of β-amino-alcohol motifs (C(OH)–C–C–N with tert-alkyl or cyclic N) is 1. The minimum Gasteiger partial charge on any atom is -0.435 e. The summed E-state index contributed by atoms with van der Waals surface area (Å²) in [5.74, 6) is 1.21. The van der Waals surface area contributed by atoms with Gasteiger partial charge in [-0.3, -0.25) is 9.88 Å². The smallest absolute Gasteiger partial charge is 0.373 e. The molecule has 1 saturated carbocycles. The Balaban J connectivity index is 0.00000140. The van der Waals surface area contributed by atoms with Crippen LogP contribution in [0.4, 0.5) is 11.5 Å². The fourth-order valence-electron chi connectivity index (χ4n) is 7.63. The number of carbonyl (C=O) groups excluding carboxylic acids is 2. The molecule has 0 unspecified atom stereocenters. The van der Waals surface area contributed by atoms with Gasteiger partial charge >= 0.3 is 6.15 Å². The van der Waals surface area contributed by atoms with Gasteiger partial charge in [-0.25, -0.2) is 9.97 Å². The van der Waals surface area contributed by atoms with Crippen molar-refractivity contribution in [2.24, 2.45) is 0 Å². The van der Waals surface area contributed by atoms with Crippen molar-refractivity contribution in [2.75, 3.05) is 18.4 Å². The van der Waals surface area contributed by atoms with Crippen LogP contribution in [0.2, 0.25) is 0 Å². The zero-order valence-corrected chi connectivity index (χ0v) is 29.9. The minimum atomic E-state index is -0.241. The topological polar surface area (TPSA) is 157 Å². The fourth-order valence-corrected chi connectivity index (χ4v) is 7.63. The normalized spacial score (nSPS) is 16.0. The lowest BCUT2D eigenvalue weighted by Crippen LogP contribution is -2.25. The number of aromatic nitrogens is 3. The number of hydrogen-bond acceptors (Lipinski definition) is 11. The summed E-state index contributed by atoms with van der Waals surface area (Å²) in [6, 6.07) is 23.4. The van der Waals surface area contributed by atoms with Crippen LogP contribution in [-0.4, -0.2) is 56.3 Å². The molecule has 11 nitrogen and oxygen atoms in total. The second-order valence-electron chi connectivity index (χ2n) is 13.9. The Kier molecular flexibility index (Phi) is 10.7. The van der Waals surface area contributed by atoms with Gasteiger partial charge in [-0.15, -0.1) is 0 Å². The summed E-state index contributed by atoms with van der Waals surface area (Å²) in [5.41, 5.74) is 10.8. The average molecular weight is 708 g/mol. The third kappa shape index (κ3) is 7.72. The monoisotopic (exact) mass is 707 g/mol. The maximum absolute atomic E-state index is 9.98. The molecule has 0 bridgehead atoms. The number of fused-ring (bicyclic) bond motifs is 2. The van der Waals surface area contributed by atoms with Gasteiger partial charge in [0, 0.05) is 61.3 Å². The number of nitrogens with one attached hydrogen (secondary N) is 2. The average Bonchev–Trinajstić information content (AvgIpc) is 3.94. The van der Waals surface area contributed by atoms with E-state index in [1.807, 2.05) is 42.7 Å². The van der Waals surface area contributed by atoms with E-state index in [1.54, 1.807) is 0 Å². The Labute approximate surface area is 307 Å². The summed E-state index contributed by atoms with van der Waals surface area (Å²) in [6.45, 7) is 7.30. The van der Waals surface area contributed by atoms with Crippen molar-refractivity contribution in [2.45, 2.75) is 71.2 Å². The summed E-state index contributed by atoms with van der Waals surface area (Å²) < 4.78 is 6.31. The number of aliphatic hydroxyl groups is 1. The molecule has 1 saturated heterocycles. The summed E-state index contributed by atoms with van der Waals surface area (Å²) in [5, 5.41) is 28.1. The predicted molar refractivity (Wildman–Crippen MR) is 202 cm³/mol. The molecule has 11 heteroatoms. The summed E-state index contributed by atoms with van der Waals surface area (Å²) >= 11 is 0. The van der Waals surface area contributed by atoms with Gasteiger partial charge in [0.05, 0.1) is 11.7 Å². The SMILES string of the molecule is Cc1c(Nc2nccc3cc(CN4CC[C@@H](O)C4)cnc23)cccc1-c1cccc(-c2nc3cc(CNC4CCCC4)cc(C#N)c3o2)c1C.O=C=O. The molecular formula is C42H41N7O4. The number of pyridine rings is 2. The molecule has 0 spiro atoms. The predicted octanol–water partition coefficient (Wildman–Crippen LogP) is 7.35. The standard InChI is InChI=1S/C41H41N7O2.CO2/c1-25-33(9-5-11-35(25)41-47-37-19-27(17-30(20-42)39(37)50-41)21-44-31-7-3-4-8-31)34-10-6-12-36(26(34)2)46-40-38-29(13-15-43-40)18-28(22-45-38)23-48-16-14-32(49)24-48;2-1-3/h5-6,9-13,15,17-19,22,31-32,44,49H,3-4,7-8,14,16,21,23-24H2,1-2H3,(H,43,46);/t32-;/m1./s1. The summed E-state index contributed by atoms with van der Waals surface area (Å²) in [6.07, 6.45) is 9.53. The number of hydrogen-bond donors (Lipinski definition) is 3. The van der Waals surface area contributed by atoms with E-state index in [4.69, 9.17) is 24.0 Å². The highest BCUT2D eigenvalue weighted by molar-refractivity contribution is 5.91. The van der Waals surface area contributed by atoms with Crippen molar-refractivity contribution in [1.29, 1.82) is 5.26 Å². The molecule has 4 heterocycles. The minimum absolute atomic E-state index is 0.241. The number of nitrogens with zero attached hydrogens (tertiary/aromatic N) is 5. The molecule has 1 aliphatic heterocycles. The number of oxazole rings is 1. The first-order chi connectivity index (χ1) is 25.8. The van der Waals surface area contributed by atoms with Crippen molar-refractivity contribution in [3.63, 3.8) is 0 Å². The van der Waals surface area contributed by atoms with Crippen LogP contribution in [0.25, 0.3) is 44.6 Å². The molecule has 8 rings (SSSR count). The Morgan fingerprint density at radius 2 is 1.70 bits per heavy atom. The van der Waals surface area contributed by atoms with Crippen LogP contribution in [0.5, 0.6) is 0 Å². The lowest BCUT2D eigenvalue weighted by atomic mass is 9.93. The van der Waals surface area contributed by atoms with Crippen molar-refractivity contribution in [1.82, 2.24) is 25.2 Å².